The minimum absolute atomic E-state index is 0.159. The zero-order chi connectivity index (χ0) is 13.6. The van der Waals surface area contributed by atoms with Crippen molar-refractivity contribution < 1.29 is 4.74 Å². The van der Waals surface area contributed by atoms with Crippen molar-refractivity contribution in [3.8, 4) is 0 Å². The van der Waals surface area contributed by atoms with Crippen molar-refractivity contribution in [2.24, 2.45) is 0 Å². The molecule has 1 saturated heterocycles. The van der Waals surface area contributed by atoms with Crippen molar-refractivity contribution in [1.82, 2.24) is 4.98 Å². The van der Waals surface area contributed by atoms with E-state index in [2.05, 4.69) is 66.5 Å². The summed E-state index contributed by atoms with van der Waals surface area (Å²) in [5.74, 6) is 1.00. The fourth-order valence-corrected chi connectivity index (χ4v) is 3.41. The monoisotopic (exact) mass is 312 g/mol. The lowest BCUT2D eigenvalue weighted by atomic mass is 9.99. The van der Waals surface area contributed by atoms with Crippen LogP contribution in [0.1, 0.15) is 33.3 Å². The van der Waals surface area contributed by atoms with Crippen molar-refractivity contribution in [2.45, 2.75) is 45.8 Å². The molecule has 0 unspecified atom stereocenters. The van der Waals surface area contributed by atoms with Gasteiger partial charge in [0.2, 0.25) is 0 Å². The van der Waals surface area contributed by atoms with E-state index in [-0.39, 0.29) is 11.2 Å². The van der Waals surface area contributed by atoms with E-state index in [4.69, 9.17) is 4.74 Å². The molecule has 0 amide bonds. The van der Waals surface area contributed by atoms with Gasteiger partial charge in [0.15, 0.2) is 0 Å². The van der Waals surface area contributed by atoms with Crippen molar-refractivity contribution in [2.75, 3.05) is 18.0 Å². The highest BCUT2D eigenvalue weighted by molar-refractivity contribution is 9.10. The highest BCUT2D eigenvalue weighted by atomic mass is 79.9. The van der Waals surface area contributed by atoms with Gasteiger partial charge in [-0.3, -0.25) is 0 Å². The van der Waals surface area contributed by atoms with Crippen LogP contribution < -0.4 is 4.90 Å². The van der Waals surface area contributed by atoms with E-state index < -0.39 is 0 Å². The van der Waals surface area contributed by atoms with Gasteiger partial charge in [0.1, 0.15) is 5.82 Å². The van der Waals surface area contributed by atoms with Crippen LogP contribution in [0.5, 0.6) is 0 Å². The lowest BCUT2D eigenvalue weighted by molar-refractivity contribution is -0.133. The van der Waals surface area contributed by atoms with E-state index in [1.807, 2.05) is 6.20 Å². The van der Waals surface area contributed by atoms with Crippen LogP contribution in [0.25, 0.3) is 0 Å². The molecule has 1 aromatic rings. The summed E-state index contributed by atoms with van der Waals surface area (Å²) in [5.41, 5.74) is 0.846. The third kappa shape index (κ3) is 3.04. The van der Waals surface area contributed by atoms with Gasteiger partial charge in [-0.1, -0.05) is 0 Å². The zero-order valence-electron chi connectivity index (χ0n) is 11.7. The molecule has 1 aliphatic heterocycles. The second kappa shape index (κ2) is 4.49. The molecule has 3 nitrogen and oxygen atoms in total. The normalized spacial score (nSPS) is 22.0. The van der Waals surface area contributed by atoms with Gasteiger partial charge in [0.25, 0.3) is 0 Å². The van der Waals surface area contributed by atoms with E-state index in [0.29, 0.717) is 0 Å². The number of morpholine rings is 1. The Bertz CT molecular complexity index is 441. The lowest BCUT2D eigenvalue weighted by Gasteiger charge is -2.47. The summed E-state index contributed by atoms with van der Waals surface area (Å²) in [6.07, 6.45) is 1.91. The number of nitrogens with zero attached hydrogens (tertiary/aromatic N) is 2. The van der Waals surface area contributed by atoms with E-state index in [9.17, 15) is 0 Å². The van der Waals surface area contributed by atoms with E-state index >= 15 is 0 Å². The van der Waals surface area contributed by atoms with E-state index in [1.54, 1.807) is 0 Å². The molecular weight excluding hydrogens is 292 g/mol. The molecule has 100 valence electrons. The fourth-order valence-electron chi connectivity index (χ4n) is 2.70. The minimum Gasteiger partial charge on any atom is -0.366 e. The summed E-state index contributed by atoms with van der Waals surface area (Å²) in [7, 11) is 0. The van der Waals surface area contributed by atoms with Crippen LogP contribution in [0, 0.1) is 6.92 Å². The summed E-state index contributed by atoms with van der Waals surface area (Å²) >= 11 is 3.61. The average molecular weight is 313 g/mol. The lowest BCUT2D eigenvalue weighted by Crippen LogP contribution is -2.57. The Morgan fingerprint density at radius 1 is 1.22 bits per heavy atom. The summed E-state index contributed by atoms with van der Waals surface area (Å²) < 4.78 is 7.14. The number of aryl methyl sites for hydroxylation is 1. The molecule has 18 heavy (non-hydrogen) atoms. The first-order valence-electron chi connectivity index (χ1n) is 6.26. The van der Waals surface area contributed by atoms with Crippen molar-refractivity contribution in [1.29, 1.82) is 0 Å². The van der Waals surface area contributed by atoms with Crippen LogP contribution >= 0.6 is 15.9 Å². The third-order valence-electron chi connectivity index (χ3n) is 2.95. The van der Waals surface area contributed by atoms with Gasteiger partial charge >= 0.3 is 0 Å². The fraction of sp³-hybridized carbons (Fsp3) is 0.643. The molecule has 0 aromatic carbocycles. The number of anilines is 1. The summed E-state index contributed by atoms with van der Waals surface area (Å²) in [6, 6.07) is 2.11. The Labute approximate surface area is 118 Å². The first-order chi connectivity index (χ1) is 8.19. The van der Waals surface area contributed by atoms with Gasteiger partial charge in [0, 0.05) is 19.3 Å². The summed E-state index contributed by atoms with van der Waals surface area (Å²) in [4.78, 5) is 6.85. The topological polar surface area (TPSA) is 25.4 Å². The molecule has 0 saturated carbocycles. The molecule has 0 N–H and O–H groups in total. The molecule has 2 rings (SSSR count). The summed E-state index contributed by atoms with van der Waals surface area (Å²) in [6.45, 7) is 12.3. The maximum Gasteiger partial charge on any atom is 0.143 e. The quantitative estimate of drug-likeness (QED) is 0.793. The molecule has 0 spiro atoms. The maximum atomic E-state index is 6.09. The number of aromatic nitrogens is 1. The molecule has 1 aliphatic rings. The van der Waals surface area contributed by atoms with Crippen LogP contribution in [-0.4, -0.2) is 29.3 Å². The Morgan fingerprint density at radius 2 is 1.78 bits per heavy atom. The smallest absolute Gasteiger partial charge is 0.143 e. The first-order valence-corrected chi connectivity index (χ1v) is 7.05. The second-order valence-electron chi connectivity index (χ2n) is 6.30. The average Bonchev–Trinajstić information content (AvgIpc) is 2.11. The van der Waals surface area contributed by atoms with E-state index in [0.717, 1.165) is 28.9 Å². The number of hydrogen-bond donors (Lipinski definition) is 0. The van der Waals surface area contributed by atoms with Crippen molar-refractivity contribution in [3.05, 3.63) is 22.3 Å². The Hall–Kier alpha value is -0.610. The highest BCUT2D eigenvalue weighted by Gasteiger charge is 2.39. The van der Waals surface area contributed by atoms with Crippen LogP contribution in [0.15, 0.2) is 16.7 Å². The molecule has 1 fully saturated rings. The second-order valence-corrected chi connectivity index (χ2v) is 7.15. The largest absolute Gasteiger partial charge is 0.366 e. The predicted octanol–water partition coefficient (Wildman–Crippen LogP) is 3.55. The van der Waals surface area contributed by atoms with Gasteiger partial charge < -0.3 is 9.64 Å². The van der Waals surface area contributed by atoms with Gasteiger partial charge in [0.05, 0.1) is 15.7 Å². The number of ether oxygens (including phenoxy) is 1. The predicted molar refractivity (Wildman–Crippen MR) is 78.1 cm³/mol. The number of halogens is 1. The number of hydrogen-bond acceptors (Lipinski definition) is 3. The number of pyridine rings is 1. The summed E-state index contributed by atoms with van der Waals surface area (Å²) in [5, 5.41) is 0. The molecule has 0 aliphatic carbocycles. The Kier molecular flexibility index (Phi) is 3.45. The molecule has 0 atom stereocenters. The molecular formula is C14H21BrN2O. The van der Waals surface area contributed by atoms with Crippen molar-refractivity contribution >= 4 is 21.7 Å². The minimum atomic E-state index is -0.159. The first kappa shape index (κ1) is 13.8. The SMILES string of the molecule is Cc1cnc(N2CC(C)(C)OC(C)(C)C2)c(Br)c1. The van der Waals surface area contributed by atoms with Crippen LogP contribution in [0.4, 0.5) is 5.82 Å². The standard InChI is InChI=1S/C14H21BrN2O/c1-10-6-11(15)12(16-7-10)17-8-13(2,3)18-14(4,5)9-17/h6-7H,8-9H2,1-5H3. The molecule has 0 radical (unpaired) electrons. The van der Waals surface area contributed by atoms with E-state index in [1.165, 1.54) is 0 Å². The van der Waals surface area contributed by atoms with Crippen LogP contribution in [0.2, 0.25) is 0 Å². The van der Waals surface area contributed by atoms with Crippen LogP contribution in [0.3, 0.4) is 0 Å². The zero-order valence-corrected chi connectivity index (χ0v) is 13.3. The third-order valence-corrected chi connectivity index (χ3v) is 3.54. The maximum absolute atomic E-state index is 6.09. The Morgan fingerprint density at radius 3 is 2.28 bits per heavy atom. The number of rotatable bonds is 1. The van der Waals surface area contributed by atoms with Gasteiger partial charge in [-0.15, -0.1) is 0 Å². The van der Waals surface area contributed by atoms with Gasteiger partial charge in [-0.05, 0) is 62.2 Å². The highest BCUT2D eigenvalue weighted by Crippen LogP contribution is 2.33. The van der Waals surface area contributed by atoms with Gasteiger partial charge in [-0.2, -0.15) is 0 Å². The van der Waals surface area contributed by atoms with Gasteiger partial charge in [-0.25, -0.2) is 4.98 Å². The molecule has 0 bridgehead atoms. The van der Waals surface area contributed by atoms with Crippen LogP contribution in [-0.2, 0) is 4.74 Å². The molecule has 2 heterocycles. The molecule has 4 heteroatoms. The van der Waals surface area contributed by atoms with Crippen molar-refractivity contribution in [3.63, 3.8) is 0 Å². The molecule has 1 aromatic heterocycles. The Balaban J connectivity index is 2.32.